The van der Waals surface area contributed by atoms with Crippen LogP contribution in [0.5, 0.6) is 11.5 Å². The van der Waals surface area contributed by atoms with Gasteiger partial charge in [-0.25, -0.2) is 0 Å². The predicted molar refractivity (Wildman–Crippen MR) is 96.4 cm³/mol. The summed E-state index contributed by atoms with van der Waals surface area (Å²) < 4.78 is 11.7. The van der Waals surface area contributed by atoms with Gasteiger partial charge in [0.25, 0.3) is 0 Å². The van der Waals surface area contributed by atoms with Gasteiger partial charge in [-0.3, -0.25) is 0 Å². The van der Waals surface area contributed by atoms with Gasteiger partial charge in [-0.05, 0) is 12.1 Å². The van der Waals surface area contributed by atoms with E-state index in [4.69, 9.17) is 9.47 Å². The quantitative estimate of drug-likeness (QED) is 0.628. The molecule has 0 aliphatic carbocycles. The van der Waals surface area contributed by atoms with Crippen molar-refractivity contribution in [2.45, 2.75) is 19.3 Å². The van der Waals surface area contributed by atoms with Crippen LogP contribution in [-0.4, -0.2) is 13.2 Å². The molecule has 23 heavy (non-hydrogen) atoms. The van der Waals surface area contributed by atoms with Gasteiger partial charge in [0.15, 0.2) is 0 Å². The van der Waals surface area contributed by atoms with Gasteiger partial charge in [0.2, 0.25) is 0 Å². The van der Waals surface area contributed by atoms with E-state index in [-0.39, 0.29) is 5.41 Å². The summed E-state index contributed by atoms with van der Waals surface area (Å²) in [5.41, 5.74) is 1.99. The highest BCUT2D eigenvalue weighted by Crippen LogP contribution is 2.41. The molecule has 120 valence electrons. The van der Waals surface area contributed by atoms with Crippen molar-refractivity contribution in [3.63, 3.8) is 0 Å². The molecule has 0 atom stereocenters. The van der Waals surface area contributed by atoms with Crippen LogP contribution in [0.1, 0.15) is 25.0 Å². The summed E-state index contributed by atoms with van der Waals surface area (Å²) in [6, 6.07) is 16.2. The molecule has 0 radical (unpaired) electrons. The molecular formula is C21H24O2. The monoisotopic (exact) mass is 308 g/mol. The van der Waals surface area contributed by atoms with E-state index in [0.717, 1.165) is 22.6 Å². The van der Waals surface area contributed by atoms with Crippen LogP contribution in [0, 0.1) is 0 Å². The van der Waals surface area contributed by atoms with Crippen LogP contribution in [0.3, 0.4) is 0 Å². The molecule has 0 saturated carbocycles. The molecule has 2 rings (SSSR count). The lowest BCUT2D eigenvalue weighted by Crippen LogP contribution is -2.21. The third kappa shape index (κ3) is 3.84. The first-order valence-corrected chi connectivity index (χ1v) is 7.77. The summed E-state index contributed by atoms with van der Waals surface area (Å²) in [5.74, 6) is 1.74. The average molecular weight is 308 g/mol. The maximum atomic E-state index is 5.84. The SMILES string of the molecule is C=CCOc1ccccc1C(C)(C)c1ccccc1OCC=C. The van der Waals surface area contributed by atoms with E-state index in [1.165, 1.54) is 0 Å². The number of hydrogen-bond donors (Lipinski definition) is 0. The van der Waals surface area contributed by atoms with Crippen molar-refractivity contribution in [2.75, 3.05) is 13.2 Å². The molecule has 2 aromatic rings. The van der Waals surface area contributed by atoms with Crippen LogP contribution in [0.25, 0.3) is 0 Å². The first kappa shape index (κ1) is 16.9. The van der Waals surface area contributed by atoms with Gasteiger partial charge >= 0.3 is 0 Å². The van der Waals surface area contributed by atoms with Crippen molar-refractivity contribution in [1.82, 2.24) is 0 Å². The van der Waals surface area contributed by atoms with E-state index in [1.807, 2.05) is 36.4 Å². The topological polar surface area (TPSA) is 18.5 Å². The fourth-order valence-electron chi connectivity index (χ4n) is 2.66. The summed E-state index contributed by atoms with van der Waals surface area (Å²) in [5, 5.41) is 0. The third-order valence-electron chi connectivity index (χ3n) is 3.83. The van der Waals surface area contributed by atoms with E-state index < -0.39 is 0 Å². The normalized spacial score (nSPS) is 10.9. The molecule has 0 spiro atoms. The zero-order valence-electron chi connectivity index (χ0n) is 13.9. The molecule has 0 unspecified atom stereocenters. The van der Waals surface area contributed by atoms with E-state index in [2.05, 4.69) is 39.1 Å². The highest BCUT2D eigenvalue weighted by Gasteiger charge is 2.29. The zero-order valence-corrected chi connectivity index (χ0v) is 13.9. The molecule has 0 N–H and O–H groups in total. The van der Waals surface area contributed by atoms with Crippen LogP contribution in [0.2, 0.25) is 0 Å². The van der Waals surface area contributed by atoms with Crippen LogP contribution in [0.4, 0.5) is 0 Å². The Kier molecular flexibility index (Phi) is 5.64. The van der Waals surface area contributed by atoms with Crippen LogP contribution < -0.4 is 9.47 Å². The second-order valence-electron chi connectivity index (χ2n) is 5.82. The molecule has 0 aromatic heterocycles. The Morgan fingerprint density at radius 2 is 1.17 bits per heavy atom. The van der Waals surface area contributed by atoms with Crippen LogP contribution in [-0.2, 0) is 5.41 Å². The van der Waals surface area contributed by atoms with Crippen molar-refractivity contribution < 1.29 is 9.47 Å². The molecule has 0 aliphatic rings. The molecule has 0 amide bonds. The zero-order chi connectivity index (χ0) is 16.7. The Hall–Kier alpha value is -2.48. The third-order valence-corrected chi connectivity index (χ3v) is 3.83. The average Bonchev–Trinajstić information content (AvgIpc) is 2.58. The minimum absolute atomic E-state index is 0.254. The molecule has 0 bridgehead atoms. The lowest BCUT2D eigenvalue weighted by molar-refractivity contribution is 0.343. The number of rotatable bonds is 8. The standard InChI is InChI=1S/C21H24O2/c1-5-15-22-19-13-9-7-11-17(19)21(3,4)18-12-8-10-14-20(18)23-16-6-2/h5-14H,1-2,15-16H2,3-4H3. The number of benzene rings is 2. The molecule has 0 fully saturated rings. The Morgan fingerprint density at radius 3 is 1.57 bits per heavy atom. The summed E-state index contributed by atoms with van der Waals surface area (Å²) in [4.78, 5) is 0. The van der Waals surface area contributed by atoms with Crippen molar-refractivity contribution in [3.8, 4) is 11.5 Å². The van der Waals surface area contributed by atoms with Crippen LogP contribution >= 0.6 is 0 Å². The van der Waals surface area contributed by atoms with Crippen molar-refractivity contribution in [3.05, 3.63) is 85.0 Å². The molecule has 2 aromatic carbocycles. The van der Waals surface area contributed by atoms with Gasteiger partial charge in [-0.2, -0.15) is 0 Å². The minimum atomic E-state index is -0.254. The first-order valence-electron chi connectivity index (χ1n) is 7.77. The molecule has 0 aliphatic heterocycles. The fourth-order valence-corrected chi connectivity index (χ4v) is 2.66. The van der Waals surface area contributed by atoms with E-state index in [1.54, 1.807) is 12.2 Å². The van der Waals surface area contributed by atoms with E-state index in [9.17, 15) is 0 Å². The molecule has 0 heterocycles. The highest BCUT2D eigenvalue weighted by molar-refractivity contribution is 5.50. The Labute approximate surface area is 139 Å². The molecule has 0 saturated heterocycles. The highest BCUT2D eigenvalue weighted by atomic mass is 16.5. The van der Waals surface area contributed by atoms with Gasteiger partial charge in [0, 0.05) is 16.5 Å². The summed E-state index contributed by atoms with van der Waals surface area (Å²) in [6.45, 7) is 12.8. The number of para-hydroxylation sites is 2. The molecular weight excluding hydrogens is 284 g/mol. The van der Waals surface area contributed by atoms with Gasteiger partial charge in [0.05, 0.1) is 0 Å². The lowest BCUT2D eigenvalue weighted by Gasteiger charge is -2.29. The smallest absolute Gasteiger partial charge is 0.123 e. The van der Waals surface area contributed by atoms with E-state index >= 15 is 0 Å². The summed E-state index contributed by atoms with van der Waals surface area (Å²) >= 11 is 0. The summed E-state index contributed by atoms with van der Waals surface area (Å²) in [6.07, 6.45) is 3.51. The Balaban J connectivity index is 2.46. The first-order chi connectivity index (χ1) is 11.1. The van der Waals surface area contributed by atoms with Crippen molar-refractivity contribution >= 4 is 0 Å². The van der Waals surface area contributed by atoms with Crippen LogP contribution in [0.15, 0.2) is 73.8 Å². The van der Waals surface area contributed by atoms with Gasteiger partial charge in [0.1, 0.15) is 24.7 Å². The number of hydrogen-bond acceptors (Lipinski definition) is 2. The maximum Gasteiger partial charge on any atom is 0.123 e. The second kappa shape index (κ2) is 7.68. The van der Waals surface area contributed by atoms with Gasteiger partial charge in [-0.1, -0.05) is 75.6 Å². The number of ether oxygens (including phenoxy) is 2. The van der Waals surface area contributed by atoms with Gasteiger partial charge < -0.3 is 9.47 Å². The molecule has 2 nitrogen and oxygen atoms in total. The lowest BCUT2D eigenvalue weighted by atomic mass is 9.77. The largest absolute Gasteiger partial charge is 0.489 e. The predicted octanol–water partition coefficient (Wildman–Crippen LogP) is 5.14. The second-order valence-corrected chi connectivity index (χ2v) is 5.82. The minimum Gasteiger partial charge on any atom is -0.489 e. The van der Waals surface area contributed by atoms with E-state index in [0.29, 0.717) is 13.2 Å². The van der Waals surface area contributed by atoms with Gasteiger partial charge in [-0.15, -0.1) is 0 Å². The summed E-state index contributed by atoms with van der Waals surface area (Å²) in [7, 11) is 0. The van der Waals surface area contributed by atoms with Crippen molar-refractivity contribution in [1.29, 1.82) is 0 Å². The van der Waals surface area contributed by atoms with Crippen molar-refractivity contribution in [2.24, 2.45) is 0 Å². The Bertz CT molecular complexity index is 614. The fraction of sp³-hybridized carbons (Fsp3) is 0.238. The Morgan fingerprint density at radius 1 is 0.783 bits per heavy atom. The maximum absolute atomic E-state index is 5.84. The molecule has 2 heteroatoms.